The first kappa shape index (κ1) is 20.5. The lowest BCUT2D eigenvalue weighted by molar-refractivity contribution is -0.116. The van der Waals surface area contributed by atoms with Crippen LogP contribution in [-0.4, -0.2) is 23.0 Å². The van der Waals surface area contributed by atoms with Crippen LogP contribution in [0.1, 0.15) is 62.7 Å². The number of anilines is 1. The van der Waals surface area contributed by atoms with E-state index in [1.165, 1.54) is 0 Å². The van der Waals surface area contributed by atoms with Crippen molar-refractivity contribution in [1.82, 2.24) is 10.5 Å². The van der Waals surface area contributed by atoms with Gasteiger partial charge in [-0.05, 0) is 44.0 Å². The summed E-state index contributed by atoms with van der Waals surface area (Å²) in [4.78, 5) is 23.7. The molecule has 146 valence electrons. The van der Waals surface area contributed by atoms with Gasteiger partial charge in [-0.2, -0.15) is 0 Å². The van der Waals surface area contributed by atoms with Crippen LogP contribution in [0.4, 0.5) is 5.69 Å². The molecule has 0 bridgehead atoms. The van der Waals surface area contributed by atoms with Gasteiger partial charge in [-0.15, -0.1) is 0 Å². The fourth-order valence-corrected chi connectivity index (χ4v) is 2.24. The smallest absolute Gasteiger partial charge is 0.273 e. The zero-order valence-electron chi connectivity index (χ0n) is 16.1. The molecule has 1 aromatic carbocycles. The molecule has 1 aromatic heterocycles. The minimum atomic E-state index is -0.262. The fourth-order valence-electron chi connectivity index (χ4n) is 2.24. The molecule has 2 aromatic rings. The van der Waals surface area contributed by atoms with Gasteiger partial charge < -0.3 is 19.9 Å². The van der Waals surface area contributed by atoms with E-state index in [1.807, 2.05) is 13.8 Å². The lowest BCUT2D eigenvalue weighted by atomic mass is 10.2. The van der Waals surface area contributed by atoms with Crippen LogP contribution in [0.15, 0.2) is 34.9 Å². The van der Waals surface area contributed by atoms with Gasteiger partial charge >= 0.3 is 0 Å². The quantitative estimate of drug-likeness (QED) is 0.658. The molecule has 0 unspecified atom stereocenters. The largest absolute Gasteiger partial charge is 0.486 e. The number of carbonyl (C=O) groups excluding carboxylic acids is 2. The molecule has 7 heteroatoms. The topological polar surface area (TPSA) is 93.5 Å². The predicted molar refractivity (Wildman–Crippen MR) is 103 cm³/mol. The van der Waals surface area contributed by atoms with Crippen molar-refractivity contribution in [3.05, 3.63) is 41.8 Å². The zero-order chi connectivity index (χ0) is 19.6. The second-order valence-corrected chi connectivity index (χ2v) is 6.43. The summed E-state index contributed by atoms with van der Waals surface area (Å²) in [5.41, 5.74) is 0.964. The number of ether oxygens (including phenoxy) is 1. The van der Waals surface area contributed by atoms with Gasteiger partial charge in [0.25, 0.3) is 5.91 Å². The third kappa shape index (κ3) is 6.77. The molecule has 2 rings (SSSR count). The summed E-state index contributed by atoms with van der Waals surface area (Å²) in [7, 11) is 0. The number of benzene rings is 1. The normalized spacial score (nSPS) is 11.7. The van der Waals surface area contributed by atoms with E-state index >= 15 is 0 Å². The van der Waals surface area contributed by atoms with Crippen molar-refractivity contribution in [2.75, 3.05) is 5.32 Å². The Morgan fingerprint density at radius 3 is 2.63 bits per heavy atom. The Hall–Kier alpha value is -2.83. The highest BCUT2D eigenvalue weighted by Gasteiger charge is 2.14. The molecule has 1 heterocycles. The fraction of sp³-hybridized carbons (Fsp3) is 0.450. The van der Waals surface area contributed by atoms with Crippen LogP contribution < -0.4 is 15.4 Å². The van der Waals surface area contributed by atoms with Gasteiger partial charge in [0, 0.05) is 24.2 Å². The molecule has 0 fully saturated rings. The molecule has 0 radical (unpaired) electrons. The van der Waals surface area contributed by atoms with Crippen molar-refractivity contribution < 1.29 is 18.8 Å². The van der Waals surface area contributed by atoms with Gasteiger partial charge in [0.2, 0.25) is 5.91 Å². The van der Waals surface area contributed by atoms with Crippen LogP contribution in [0, 0.1) is 0 Å². The number of nitrogens with one attached hydrogen (secondary N) is 2. The van der Waals surface area contributed by atoms with E-state index in [-0.39, 0.29) is 30.2 Å². The van der Waals surface area contributed by atoms with Crippen molar-refractivity contribution >= 4 is 17.5 Å². The van der Waals surface area contributed by atoms with E-state index in [2.05, 4.69) is 22.7 Å². The highest BCUT2D eigenvalue weighted by Crippen LogP contribution is 2.18. The van der Waals surface area contributed by atoms with Crippen molar-refractivity contribution in [2.45, 2.75) is 59.1 Å². The summed E-state index contributed by atoms with van der Waals surface area (Å²) in [6, 6.07) is 8.75. The number of aromatic nitrogens is 1. The molecule has 0 spiro atoms. The van der Waals surface area contributed by atoms with E-state index in [9.17, 15) is 9.59 Å². The molecule has 1 atom stereocenters. The van der Waals surface area contributed by atoms with Gasteiger partial charge in [-0.1, -0.05) is 25.4 Å². The second kappa shape index (κ2) is 10.4. The Morgan fingerprint density at radius 2 is 1.96 bits per heavy atom. The van der Waals surface area contributed by atoms with Gasteiger partial charge in [0.1, 0.15) is 12.4 Å². The third-order valence-corrected chi connectivity index (χ3v) is 4.06. The van der Waals surface area contributed by atoms with E-state index in [0.717, 1.165) is 24.9 Å². The van der Waals surface area contributed by atoms with Gasteiger partial charge in [-0.25, -0.2) is 0 Å². The van der Waals surface area contributed by atoms with Gasteiger partial charge in [0.05, 0.1) is 0 Å². The number of amides is 2. The molecule has 2 amide bonds. The van der Waals surface area contributed by atoms with Crippen LogP contribution in [-0.2, 0) is 11.4 Å². The molecule has 2 N–H and O–H groups in total. The number of hydrogen-bond donors (Lipinski definition) is 2. The molecule has 0 saturated carbocycles. The monoisotopic (exact) mass is 373 g/mol. The lowest BCUT2D eigenvalue weighted by Crippen LogP contribution is -2.32. The average Bonchev–Trinajstić information content (AvgIpc) is 3.15. The minimum Gasteiger partial charge on any atom is -0.486 e. The van der Waals surface area contributed by atoms with E-state index in [1.54, 1.807) is 30.3 Å². The van der Waals surface area contributed by atoms with Crippen molar-refractivity contribution in [3.63, 3.8) is 0 Å². The van der Waals surface area contributed by atoms with Gasteiger partial charge in [-0.3, -0.25) is 9.59 Å². The van der Waals surface area contributed by atoms with Crippen LogP contribution in [0.3, 0.4) is 0 Å². The number of unbranched alkanes of at least 4 members (excludes halogenated alkanes) is 1. The SMILES string of the molecule is CCCCC(=O)Nc1ccc(OCc2cc(C(=O)N[C@@H](C)CC)no2)cc1. The standard InChI is InChI=1S/C20H27N3O4/c1-4-6-7-19(24)22-15-8-10-16(11-9-15)26-13-17-12-18(23-27-17)20(25)21-14(3)5-2/h8-12,14H,4-7,13H2,1-3H3,(H,21,25)(H,22,24)/t14-/m0/s1. The summed E-state index contributed by atoms with van der Waals surface area (Å²) in [6.07, 6.45) is 3.23. The number of rotatable bonds is 10. The maximum absolute atomic E-state index is 12.0. The maximum atomic E-state index is 12.0. The van der Waals surface area contributed by atoms with E-state index in [4.69, 9.17) is 9.26 Å². The van der Waals surface area contributed by atoms with Crippen LogP contribution >= 0.6 is 0 Å². The Balaban J connectivity index is 1.83. The first-order chi connectivity index (χ1) is 13.0. The number of carbonyl (C=O) groups is 2. The summed E-state index contributed by atoms with van der Waals surface area (Å²) in [6.45, 7) is 6.13. The van der Waals surface area contributed by atoms with Crippen molar-refractivity contribution in [2.24, 2.45) is 0 Å². The summed E-state index contributed by atoms with van der Waals surface area (Å²) < 4.78 is 10.8. The number of nitrogens with zero attached hydrogens (tertiary/aromatic N) is 1. The maximum Gasteiger partial charge on any atom is 0.273 e. The van der Waals surface area contributed by atoms with E-state index < -0.39 is 0 Å². The molecule has 0 aliphatic carbocycles. The van der Waals surface area contributed by atoms with Crippen molar-refractivity contribution in [3.8, 4) is 5.75 Å². The van der Waals surface area contributed by atoms with Crippen LogP contribution in [0.2, 0.25) is 0 Å². The van der Waals surface area contributed by atoms with E-state index in [0.29, 0.717) is 17.9 Å². The molecule has 27 heavy (non-hydrogen) atoms. The lowest BCUT2D eigenvalue weighted by Gasteiger charge is -2.08. The molecular weight excluding hydrogens is 346 g/mol. The average molecular weight is 373 g/mol. The molecule has 0 saturated heterocycles. The molecule has 0 aliphatic heterocycles. The predicted octanol–water partition coefficient (Wildman–Crippen LogP) is 3.91. The number of hydrogen-bond acceptors (Lipinski definition) is 5. The molecular formula is C20H27N3O4. The second-order valence-electron chi connectivity index (χ2n) is 6.43. The Bertz CT molecular complexity index is 740. The Labute approximate surface area is 159 Å². The highest BCUT2D eigenvalue weighted by molar-refractivity contribution is 5.92. The third-order valence-electron chi connectivity index (χ3n) is 4.06. The molecule has 7 nitrogen and oxygen atoms in total. The first-order valence-corrected chi connectivity index (χ1v) is 9.31. The summed E-state index contributed by atoms with van der Waals surface area (Å²) in [5.74, 6) is 0.836. The molecule has 0 aliphatic rings. The Kier molecular flexibility index (Phi) is 7.85. The van der Waals surface area contributed by atoms with Gasteiger partial charge in [0.15, 0.2) is 11.5 Å². The van der Waals surface area contributed by atoms with Crippen LogP contribution in [0.25, 0.3) is 0 Å². The first-order valence-electron chi connectivity index (χ1n) is 9.31. The Morgan fingerprint density at radius 1 is 1.22 bits per heavy atom. The summed E-state index contributed by atoms with van der Waals surface area (Å²) in [5, 5.41) is 9.45. The highest BCUT2D eigenvalue weighted by atomic mass is 16.5. The van der Waals surface area contributed by atoms with Crippen molar-refractivity contribution in [1.29, 1.82) is 0 Å². The minimum absolute atomic E-state index is 0.00961. The zero-order valence-corrected chi connectivity index (χ0v) is 16.1. The van der Waals surface area contributed by atoms with Crippen LogP contribution in [0.5, 0.6) is 5.75 Å². The summed E-state index contributed by atoms with van der Waals surface area (Å²) >= 11 is 0.